The highest BCUT2D eigenvalue weighted by molar-refractivity contribution is 5.76. The minimum Gasteiger partial charge on any atom is -0.466 e. The van der Waals surface area contributed by atoms with E-state index in [-0.39, 0.29) is 18.5 Å². The highest BCUT2D eigenvalue weighted by Crippen LogP contribution is 2.23. The Labute approximate surface area is 466 Å². The van der Waals surface area contributed by atoms with E-state index < -0.39 is 49.5 Å². The van der Waals surface area contributed by atoms with Gasteiger partial charge in [-0.1, -0.05) is 249 Å². The number of unbranched alkanes of at least 4 members (excludes halogenated alkanes) is 35. The van der Waals surface area contributed by atoms with Crippen molar-refractivity contribution in [1.29, 1.82) is 0 Å². The number of aliphatic hydroxyl groups excluding tert-OH is 5. The third kappa shape index (κ3) is 43.5. The molecule has 7 atom stereocenters. The number of allylic oxidation sites excluding steroid dienone is 7. The third-order valence-corrected chi connectivity index (χ3v) is 14.9. The normalized spacial score (nSPS) is 19.0. The van der Waals surface area contributed by atoms with Gasteiger partial charge in [0, 0.05) is 12.8 Å². The molecule has 1 aliphatic rings. The van der Waals surface area contributed by atoms with E-state index in [1.54, 1.807) is 6.08 Å². The number of amides is 1. The van der Waals surface area contributed by atoms with Crippen molar-refractivity contribution in [3.63, 3.8) is 0 Å². The second-order valence-electron chi connectivity index (χ2n) is 22.1. The monoisotopic (exact) mass is 1070 g/mol. The zero-order valence-electron chi connectivity index (χ0n) is 49.0. The minimum absolute atomic E-state index is 0.00303. The van der Waals surface area contributed by atoms with Gasteiger partial charge in [0.2, 0.25) is 5.91 Å². The maximum Gasteiger partial charge on any atom is 0.305 e. The van der Waals surface area contributed by atoms with Crippen LogP contribution in [0.4, 0.5) is 0 Å². The number of carbonyl (C=O) groups excluding carboxylic acids is 2. The van der Waals surface area contributed by atoms with Crippen molar-refractivity contribution in [2.75, 3.05) is 19.8 Å². The molecular weight excluding hydrogens is 955 g/mol. The predicted molar refractivity (Wildman–Crippen MR) is 315 cm³/mol. The minimum atomic E-state index is -1.58. The van der Waals surface area contributed by atoms with Gasteiger partial charge >= 0.3 is 5.97 Å². The van der Waals surface area contributed by atoms with Crippen LogP contribution in [0.15, 0.2) is 48.6 Å². The number of ether oxygens (including phenoxy) is 3. The molecule has 444 valence electrons. The Morgan fingerprint density at radius 3 is 1.36 bits per heavy atom. The largest absolute Gasteiger partial charge is 0.466 e. The van der Waals surface area contributed by atoms with Crippen LogP contribution in [-0.2, 0) is 23.8 Å². The molecule has 1 fully saturated rings. The lowest BCUT2D eigenvalue weighted by Crippen LogP contribution is -2.60. The van der Waals surface area contributed by atoms with Crippen molar-refractivity contribution in [3.05, 3.63) is 48.6 Å². The van der Waals surface area contributed by atoms with E-state index in [0.717, 1.165) is 83.5 Å². The van der Waals surface area contributed by atoms with Gasteiger partial charge in [0.25, 0.3) is 0 Å². The van der Waals surface area contributed by atoms with Gasteiger partial charge in [-0.3, -0.25) is 9.59 Å². The molecule has 1 saturated heterocycles. The van der Waals surface area contributed by atoms with Gasteiger partial charge in [-0.2, -0.15) is 0 Å². The molecular formula is C65H119NO10. The first-order valence-corrected chi connectivity index (χ1v) is 31.9. The van der Waals surface area contributed by atoms with Gasteiger partial charge < -0.3 is 45.1 Å². The second kappa shape index (κ2) is 54.6. The summed E-state index contributed by atoms with van der Waals surface area (Å²) in [7, 11) is 0. The summed E-state index contributed by atoms with van der Waals surface area (Å²) < 4.78 is 16.7. The second-order valence-corrected chi connectivity index (χ2v) is 22.1. The number of esters is 1. The van der Waals surface area contributed by atoms with Gasteiger partial charge in [0.05, 0.1) is 32.0 Å². The van der Waals surface area contributed by atoms with Crippen LogP contribution in [-0.4, -0.2) is 100 Å². The predicted octanol–water partition coefficient (Wildman–Crippen LogP) is 15.2. The van der Waals surface area contributed by atoms with Gasteiger partial charge in [0.15, 0.2) is 6.29 Å². The molecule has 0 bridgehead atoms. The molecule has 0 aliphatic carbocycles. The van der Waals surface area contributed by atoms with E-state index in [2.05, 4.69) is 55.6 Å². The molecule has 76 heavy (non-hydrogen) atoms. The molecule has 0 aromatic heterocycles. The van der Waals surface area contributed by atoms with Crippen molar-refractivity contribution >= 4 is 11.9 Å². The van der Waals surface area contributed by atoms with Crippen molar-refractivity contribution in [3.8, 4) is 0 Å². The fraction of sp³-hybridized carbons (Fsp3) is 0.846. The van der Waals surface area contributed by atoms with Crippen LogP contribution in [0.2, 0.25) is 0 Å². The number of carbonyl (C=O) groups is 2. The van der Waals surface area contributed by atoms with Crippen molar-refractivity contribution in [2.24, 2.45) is 0 Å². The molecule has 6 N–H and O–H groups in total. The van der Waals surface area contributed by atoms with Crippen LogP contribution in [0, 0.1) is 0 Å². The van der Waals surface area contributed by atoms with Crippen molar-refractivity contribution in [1.82, 2.24) is 5.32 Å². The van der Waals surface area contributed by atoms with E-state index in [1.165, 1.54) is 180 Å². The zero-order chi connectivity index (χ0) is 55.2. The molecule has 0 aromatic carbocycles. The molecule has 1 amide bonds. The lowest BCUT2D eigenvalue weighted by atomic mass is 9.99. The lowest BCUT2D eigenvalue weighted by Gasteiger charge is -2.40. The van der Waals surface area contributed by atoms with Crippen LogP contribution in [0.5, 0.6) is 0 Å². The fourth-order valence-corrected chi connectivity index (χ4v) is 9.82. The standard InChI is InChI=1S/C65H119NO10/c1-3-5-7-9-11-13-31-35-39-43-47-51-58(68)57(56-75-65-64(73)63(72)62(71)59(55-67)76-65)66-60(69)52-48-44-40-36-33-29-27-25-23-21-19-17-15-16-18-20-22-24-26-28-30-34-38-42-46-50-54-74-61(70)53-49-45-41-37-32-14-12-10-8-6-4-2/h7,9,15,17,31,35,47,51,57-59,62-65,67-68,71-73H,3-6,8,10-14,16,18-30,32-34,36-46,48-50,52-56H2,1-2H3,(H,66,69)/b9-7+,17-15-,35-31+,51-47+. The Morgan fingerprint density at radius 2 is 0.882 bits per heavy atom. The molecule has 1 heterocycles. The molecule has 0 aromatic rings. The smallest absolute Gasteiger partial charge is 0.305 e. The summed E-state index contributed by atoms with van der Waals surface area (Å²) in [5.41, 5.74) is 0. The van der Waals surface area contributed by atoms with Gasteiger partial charge in [-0.05, 0) is 77.0 Å². The number of hydrogen-bond acceptors (Lipinski definition) is 10. The summed E-state index contributed by atoms with van der Waals surface area (Å²) in [4.78, 5) is 25.0. The van der Waals surface area contributed by atoms with E-state index >= 15 is 0 Å². The number of nitrogens with one attached hydrogen (secondary N) is 1. The number of rotatable bonds is 55. The van der Waals surface area contributed by atoms with Crippen LogP contribution in [0.1, 0.15) is 290 Å². The summed E-state index contributed by atoms with van der Waals surface area (Å²) >= 11 is 0. The summed E-state index contributed by atoms with van der Waals surface area (Å²) in [5, 5.41) is 54.3. The molecule has 1 aliphatic heterocycles. The third-order valence-electron chi connectivity index (χ3n) is 14.9. The Bertz CT molecular complexity index is 1400. The van der Waals surface area contributed by atoms with Crippen LogP contribution in [0.25, 0.3) is 0 Å². The molecule has 7 unspecified atom stereocenters. The van der Waals surface area contributed by atoms with Crippen molar-refractivity contribution < 1.29 is 49.3 Å². The lowest BCUT2D eigenvalue weighted by molar-refractivity contribution is -0.302. The first kappa shape index (κ1) is 71.6. The van der Waals surface area contributed by atoms with Crippen LogP contribution in [0.3, 0.4) is 0 Å². The quantitative estimate of drug-likeness (QED) is 0.0195. The molecule has 0 spiro atoms. The first-order chi connectivity index (χ1) is 37.2. The molecule has 0 radical (unpaired) electrons. The Kier molecular flexibility index (Phi) is 51.4. The van der Waals surface area contributed by atoms with Crippen LogP contribution >= 0.6 is 0 Å². The average molecular weight is 1070 g/mol. The highest BCUT2D eigenvalue weighted by atomic mass is 16.7. The summed E-state index contributed by atoms with van der Waals surface area (Å²) in [6.45, 7) is 4.25. The Balaban J connectivity index is 2.01. The fourth-order valence-electron chi connectivity index (χ4n) is 9.82. The van der Waals surface area contributed by atoms with E-state index in [0.29, 0.717) is 19.4 Å². The maximum absolute atomic E-state index is 13.0. The zero-order valence-corrected chi connectivity index (χ0v) is 49.0. The summed E-state index contributed by atoms with van der Waals surface area (Å²) in [6.07, 6.45) is 59.5. The van der Waals surface area contributed by atoms with Gasteiger partial charge in [-0.15, -0.1) is 0 Å². The van der Waals surface area contributed by atoms with Crippen LogP contribution < -0.4 is 5.32 Å². The Hall–Kier alpha value is -2.38. The summed E-state index contributed by atoms with van der Waals surface area (Å²) in [5.74, 6) is -0.197. The molecule has 11 nitrogen and oxygen atoms in total. The molecule has 1 rings (SSSR count). The number of aliphatic hydroxyl groups is 5. The van der Waals surface area contributed by atoms with E-state index in [1.807, 2.05) is 6.08 Å². The average Bonchev–Trinajstić information content (AvgIpc) is 3.42. The molecule has 11 heteroatoms. The van der Waals surface area contributed by atoms with E-state index in [9.17, 15) is 35.1 Å². The van der Waals surface area contributed by atoms with E-state index in [4.69, 9.17) is 14.2 Å². The highest BCUT2D eigenvalue weighted by Gasteiger charge is 2.44. The maximum atomic E-state index is 13.0. The topological polar surface area (TPSA) is 175 Å². The molecule has 0 saturated carbocycles. The van der Waals surface area contributed by atoms with Gasteiger partial charge in [-0.25, -0.2) is 0 Å². The first-order valence-electron chi connectivity index (χ1n) is 31.9. The van der Waals surface area contributed by atoms with Crippen molar-refractivity contribution in [2.45, 2.75) is 333 Å². The summed E-state index contributed by atoms with van der Waals surface area (Å²) in [6, 6.07) is -0.836. The Morgan fingerprint density at radius 1 is 0.474 bits per heavy atom. The number of hydrogen-bond donors (Lipinski definition) is 6. The van der Waals surface area contributed by atoms with Gasteiger partial charge in [0.1, 0.15) is 24.4 Å². The SMILES string of the molecule is CCC/C=C/CC/C=C/CC/C=C/C(O)C(COC1OC(CO)C(O)C(O)C1O)NC(=O)CCCCCCCCCCCC/C=C\CCCCCCCCCCCCCCOC(=O)CCCCCCCCCCCCC.